The Kier molecular flexibility index (Phi) is 7.73. The number of hydrogen-bond donors (Lipinski definition) is 1. The lowest BCUT2D eigenvalue weighted by Crippen LogP contribution is -2.07. The van der Waals surface area contributed by atoms with E-state index in [1.807, 2.05) is 6.92 Å². The topological polar surface area (TPSA) is 99.1 Å². The molecule has 2 aromatic rings. The number of ether oxygens (including phenoxy) is 2. The van der Waals surface area contributed by atoms with E-state index >= 15 is 0 Å². The standard InChI is InChI=1S/C19H21O7P/c1-2-6-18(20)26-17-11-9-16(10-12-17)14-25-27(22,23)19(21)24-13-15-7-4-3-5-8-15/h3-5,7-12H,2,6,13-14H2,1H3,(H,22,23). The van der Waals surface area contributed by atoms with E-state index in [0.717, 1.165) is 0 Å². The third-order valence-corrected chi connectivity index (χ3v) is 4.52. The van der Waals surface area contributed by atoms with Gasteiger partial charge in [0.2, 0.25) is 0 Å². The van der Waals surface area contributed by atoms with Crippen LogP contribution in [0.4, 0.5) is 4.79 Å². The van der Waals surface area contributed by atoms with Crippen LogP contribution in [0, 0.1) is 0 Å². The van der Waals surface area contributed by atoms with Crippen molar-refractivity contribution in [3.63, 3.8) is 0 Å². The first-order chi connectivity index (χ1) is 12.9. The van der Waals surface area contributed by atoms with Gasteiger partial charge in [-0.1, -0.05) is 49.4 Å². The summed E-state index contributed by atoms with van der Waals surface area (Å²) in [5.41, 5.74) is -0.0778. The van der Waals surface area contributed by atoms with Crippen LogP contribution in [-0.4, -0.2) is 16.6 Å². The molecule has 0 aliphatic heterocycles. The highest BCUT2D eigenvalue weighted by atomic mass is 31.2. The van der Waals surface area contributed by atoms with E-state index in [9.17, 15) is 19.0 Å². The molecule has 2 aromatic carbocycles. The molecule has 0 amide bonds. The highest BCUT2D eigenvalue weighted by Crippen LogP contribution is 2.45. The molecule has 0 bridgehead atoms. The Morgan fingerprint density at radius 1 is 0.963 bits per heavy atom. The molecular formula is C19H21O7P. The van der Waals surface area contributed by atoms with Crippen LogP contribution in [0.1, 0.15) is 30.9 Å². The zero-order valence-corrected chi connectivity index (χ0v) is 15.8. The van der Waals surface area contributed by atoms with Gasteiger partial charge in [0, 0.05) is 6.42 Å². The highest BCUT2D eigenvalue weighted by molar-refractivity contribution is 7.70. The largest absolute Gasteiger partial charge is 0.452 e. The van der Waals surface area contributed by atoms with Crippen molar-refractivity contribution < 1.29 is 33.0 Å². The number of carbonyl (C=O) groups excluding carboxylic acids is 2. The van der Waals surface area contributed by atoms with E-state index in [0.29, 0.717) is 29.7 Å². The summed E-state index contributed by atoms with van der Waals surface area (Å²) in [7, 11) is -4.58. The van der Waals surface area contributed by atoms with Crippen LogP contribution in [0.5, 0.6) is 5.75 Å². The van der Waals surface area contributed by atoms with Gasteiger partial charge >= 0.3 is 19.3 Å². The molecule has 0 heterocycles. The maximum Gasteiger partial charge on any atom is 0.436 e. The van der Waals surface area contributed by atoms with Crippen LogP contribution in [0.25, 0.3) is 0 Å². The molecule has 0 saturated carbocycles. The molecule has 2 rings (SSSR count). The van der Waals surface area contributed by atoms with Crippen molar-refractivity contribution in [2.45, 2.75) is 33.0 Å². The quantitative estimate of drug-likeness (QED) is 0.383. The van der Waals surface area contributed by atoms with Crippen LogP contribution in [0.15, 0.2) is 54.6 Å². The van der Waals surface area contributed by atoms with Crippen molar-refractivity contribution in [3.05, 3.63) is 65.7 Å². The maximum absolute atomic E-state index is 12.0. The lowest BCUT2D eigenvalue weighted by molar-refractivity contribution is -0.134. The zero-order chi connectivity index (χ0) is 19.7. The third-order valence-electron chi connectivity index (χ3n) is 3.45. The van der Waals surface area contributed by atoms with Crippen molar-refractivity contribution in [2.24, 2.45) is 0 Å². The van der Waals surface area contributed by atoms with Crippen molar-refractivity contribution >= 4 is 19.3 Å². The fourth-order valence-electron chi connectivity index (χ4n) is 2.06. The summed E-state index contributed by atoms with van der Waals surface area (Å²) < 4.78 is 26.8. The van der Waals surface area contributed by atoms with Crippen LogP contribution < -0.4 is 4.74 Å². The van der Waals surface area contributed by atoms with Gasteiger partial charge in [-0.05, 0) is 29.7 Å². The number of rotatable bonds is 9. The van der Waals surface area contributed by atoms with Crippen LogP contribution in [-0.2, 0) is 31.8 Å². The first-order valence-electron chi connectivity index (χ1n) is 8.39. The summed E-state index contributed by atoms with van der Waals surface area (Å²) in [4.78, 5) is 32.9. The summed E-state index contributed by atoms with van der Waals surface area (Å²) >= 11 is 0. The van der Waals surface area contributed by atoms with E-state index in [1.54, 1.807) is 54.6 Å². The second-order valence-electron chi connectivity index (χ2n) is 5.70. The van der Waals surface area contributed by atoms with Gasteiger partial charge in [0.1, 0.15) is 12.4 Å². The fraction of sp³-hybridized carbons (Fsp3) is 0.263. The first kappa shape index (κ1) is 20.8. The van der Waals surface area contributed by atoms with Gasteiger partial charge in [0.05, 0.1) is 6.61 Å². The molecule has 0 aliphatic carbocycles. The number of benzene rings is 2. The Balaban J connectivity index is 1.84. The van der Waals surface area contributed by atoms with E-state index in [1.165, 1.54) is 0 Å². The Morgan fingerprint density at radius 2 is 1.59 bits per heavy atom. The van der Waals surface area contributed by atoms with Gasteiger partial charge in [0.15, 0.2) is 0 Å². The van der Waals surface area contributed by atoms with E-state index in [-0.39, 0.29) is 19.2 Å². The van der Waals surface area contributed by atoms with Crippen LogP contribution in [0.2, 0.25) is 0 Å². The Labute approximate surface area is 157 Å². The molecule has 0 fully saturated rings. The highest BCUT2D eigenvalue weighted by Gasteiger charge is 2.33. The smallest absolute Gasteiger partial charge is 0.436 e. The summed E-state index contributed by atoms with van der Waals surface area (Å²) in [6.45, 7) is 1.49. The third kappa shape index (κ3) is 6.98. The summed E-state index contributed by atoms with van der Waals surface area (Å²) in [5, 5.41) is 0. The van der Waals surface area contributed by atoms with Crippen LogP contribution in [0.3, 0.4) is 0 Å². The molecule has 8 heteroatoms. The lowest BCUT2D eigenvalue weighted by Gasteiger charge is -2.12. The molecule has 7 nitrogen and oxygen atoms in total. The monoisotopic (exact) mass is 392 g/mol. The van der Waals surface area contributed by atoms with E-state index < -0.39 is 13.3 Å². The molecular weight excluding hydrogens is 371 g/mol. The predicted molar refractivity (Wildman–Crippen MR) is 98.2 cm³/mol. The number of esters is 1. The molecule has 0 aliphatic rings. The minimum atomic E-state index is -4.58. The normalized spacial score (nSPS) is 12.8. The summed E-state index contributed by atoms with van der Waals surface area (Å²) in [6.07, 6.45) is 1.01. The molecule has 1 atom stereocenters. The van der Waals surface area contributed by atoms with E-state index in [4.69, 9.17) is 14.0 Å². The molecule has 1 unspecified atom stereocenters. The second-order valence-corrected chi connectivity index (χ2v) is 7.37. The van der Waals surface area contributed by atoms with Gasteiger partial charge in [-0.2, -0.15) is 0 Å². The minimum Gasteiger partial charge on any atom is -0.452 e. The predicted octanol–water partition coefficient (Wildman–Crippen LogP) is 4.43. The van der Waals surface area contributed by atoms with Gasteiger partial charge in [-0.25, -0.2) is 9.36 Å². The average Bonchev–Trinajstić information content (AvgIpc) is 2.66. The average molecular weight is 392 g/mol. The first-order valence-corrected chi connectivity index (χ1v) is 9.96. The van der Waals surface area contributed by atoms with Crippen molar-refractivity contribution in [3.8, 4) is 5.75 Å². The van der Waals surface area contributed by atoms with Crippen molar-refractivity contribution in [1.29, 1.82) is 0 Å². The SMILES string of the molecule is CCCC(=O)Oc1ccc(COP(=O)(O)C(=O)OCc2ccccc2)cc1. The van der Waals surface area contributed by atoms with Crippen LogP contribution >= 0.6 is 7.60 Å². The van der Waals surface area contributed by atoms with Crippen molar-refractivity contribution in [1.82, 2.24) is 0 Å². The summed E-state index contributed by atoms with van der Waals surface area (Å²) in [6, 6.07) is 15.0. The molecule has 0 aromatic heterocycles. The molecule has 27 heavy (non-hydrogen) atoms. The molecule has 1 N–H and O–H groups in total. The van der Waals surface area contributed by atoms with Gasteiger partial charge in [0.25, 0.3) is 0 Å². The number of hydrogen-bond acceptors (Lipinski definition) is 6. The van der Waals surface area contributed by atoms with Gasteiger partial charge in [-0.15, -0.1) is 0 Å². The number of carbonyl (C=O) groups is 2. The summed E-state index contributed by atoms with van der Waals surface area (Å²) in [5.74, 6) is 0.0363. The second kappa shape index (κ2) is 10.0. The Hall–Kier alpha value is -2.47. The van der Waals surface area contributed by atoms with E-state index in [2.05, 4.69) is 0 Å². The Bertz CT molecular complexity index is 803. The molecule has 0 radical (unpaired) electrons. The fourth-order valence-corrected chi connectivity index (χ4v) is 2.71. The van der Waals surface area contributed by atoms with Gasteiger partial charge in [-0.3, -0.25) is 9.32 Å². The Morgan fingerprint density at radius 3 is 2.22 bits per heavy atom. The molecule has 0 spiro atoms. The maximum atomic E-state index is 12.0. The van der Waals surface area contributed by atoms with Gasteiger partial charge < -0.3 is 14.4 Å². The minimum absolute atomic E-state index is 0.120. The molecule has 0 saturated heterocycles. The molecule has 144 valence electrons. The van der Waals surface area contributed by atoms with Crippen molar-refractivity contribution in [2.75, 3.05) is 0 Å². The zero-order valence-electron chi connectivity index (χ0n) is 14.9. The lowest BCUT2D eigenvalue weighted by atomic mass is 10.2.